The highest BCUT2D eigenvalue weighted by Crippen LogP contribution is 2.19. The van der Waals surface area contributed by atoms with Crippen molar-refractivity contribution >= 4 is 17.6 Å². The molecule has 2 amide bonds. The van der Waals surface area contributed by atoms with E-state index in [1.165, 1.54) is 17.1 Å². The number of imidazole rings is 1. The van der Waals surface area contributed by atoms with Crippen LogP contribution in [0, 0.1) is 0 Å². The first kappa shape index (κ1) is 23.1. The van der Waals surface area contributed by atoms with E-state index in [2.05, 4.69) is 25.8 Å². The van der Waals surface area contributed by atoms with Crippen molar-refractivity contribution < 1.29 is 14.4 Å². The fourth-order valence-electron chi connectivity index (χ4n) is 3.80. The monoisotopic (exact) mass is 480 g/mol. The molecule has 1 atom stereocenters. The molecule has 0 spiro atoms. The van der Waals surface area contributed by atoms with Gasteiger partial charge in [0.2, 0.25) is 5.78 Å². The molecule has 5 rings (SSSR count). The van der Waals surface area contributed by atoms with Crippen LogP contribution in [0.4, 0.5) is 0 Å². The predicted octanol–water partition coefficient (Wildman–Crippen LogP) is 2.52. The summed E-state index contributed by atoms with van der Waals surface area (Å²) in [5.74, 6) is -1.52. The van der Waals surface area contributed by atoms with Crippen LogP contribution < -0.4 is 10.6 Å². The summed E-state index contributed by atoms with van der Waals surface area (Å²) in [6.45, 7) is 0. The van der Waals surface area contributed by atoms with Gasteiger partial charge in [-0.25, -0.2) is 4.98 Å². The number of ketones is 1. The van der Waals surface area contributed by atoms with Crippen LogP contribution in [0.25, 0.3) is 17.1 Å². The highest BCUT2D eigenvalue weighted by Gasteiger charge is 2.32. The molecule has 0 radical (unpaired) electrons. The van der Waals surface area contributed by atoms with Crippen molar-refractivity contribution in [2.45, 2.75) is 31.3 Å². The normalized spacial score (nSPS) is 13.6. The van der Waals surface area contributed by atoms with E-state index in [4.69, 9.17) is 0 Å². The van der Waals surface area contributed by atoms with E-state index >= 15 is 0 Å². The molecule has 36 heavy (non-hydrogen) atoms. The lowest BCUT2D eigenvalue weighted by atomic mass is 10.0. The third kappa shape index (κ3) is 5.35. The largest absolute Gasteiger partial charge is 0.347 e. The van der Waals surface area contributed by atoms with Crippen molar-refractivity contribution in [2.24, 2.45) is 0 Å². The van der Waals surface area contributed by atoms with Gasteiger partial charge in [-0.1, -0.05) is 60.7 Å². The number of hydrogen-bond donors (Lipinski definition) is 2. The molecule has 1 unspecified atom stereocenters. The summed E-state index contributed by atoms with van der Waals surface area (Å²) in [6, 6.07) is 21.4. The fraction of sp³-hybridized carbons (Fsp3) is 0.185. The Morgan fingerprint density at radius 3 is 2.31 bits per heavy atom. The number of aromatic nitrogens is 4. The zero-order chi connectivity index (χ0) is 24.9. The highest BCUT2D eigenvalue weighted by molar-refractivity contribution is 6.38. The first-order valence-electron chi connectivity index (χ1n) is 11.7. The second-order valence-electron chi connectivity index (χ2n) is 8.62. The number of nitrogens with zero attached hydrogens (tertiary/aromatic N) is 4. The number of Topliss-reactive ketones (excluding diaryl/α,β-unsaturated/α-hetero) is 1. The molecule has 1 aliphatic carbocycles. The summed E-state index contributed by atoms with van der Waals surface area (Å²) in [5.41, 5.74) is 2.61. The minimum absolute atomic E-state index is 0.0355. The van der Waals surface area contributed by atoms with E-state index < -0.39 is 23.6 Å². The van der Waals surface area contributed by atoms with Gasteiger partial charge in [-0.15, -0.1) is 10.2 Å². The van der Waals surface area contributed by atoms with E-state index in [0.29, 0.717) is 11.5 Å². The van der Waals surface area contributed by atoms with Gasteiger partial charge in [0.15, 0.2) is 5.82 Å². The van der Waals surface area contributed by atoms with E-state index in [9.17, 15) is 14.4 Å². The van der Waals surface area contributed by atoms with Gasteiger partial charge in [-0.2, -0.15) is 0 Å². The molecular formula is C27H24N6O3. The molecule has 0 bridgehead atoms. The lowest BCUT2D eigenvalue weighted by Crippen LogP contribution is -2.49. The summed E-state index contributed by atoms with van der Waals surface area (Å²) < 4.78 is 1.49. The quantitative estimate of drug-likeness (QED) is 0.356. The van der Waals surface area contributed by atoms with Crippen molar-refractivity contribution in [3.8, 4) is 17.1 Å². The molecule has 9 heteroatoms. The van der Waals surface area contributed by atoms with Crippen LogP contribution >= 0.6 is 0 Å². The van der Waals surface area contributed by atoms with Crippen LogP contribution in [-0.2, 0) is 16.0 Å². The smallest absolute Gasteiger partial charge is 0.289 e. The van der Waals surface area contributed by atoms with Gasteiger partial charge in [0.05, 0.1) is 11.9 Å². The predicted molar refractivity (Wildman–Crippen MR) is 132 cm³/mol. The van der Waals surface area contributed by atoms with Gasteiger partial charge in [0.1, 0.15) is 18.1 Å². The Morgan fingerprint density at radius 2 is 1.64 bits per heavy atom. The Balaban J connectivity index is 1.35. The third-order valence-electron chi connectivity index (χ3n) is 5.88. The molecule has 180 valence electrons. The van der Waals surface area contributed by atoms with E-state index in [0.717, 1.165) is 24.0 Å². The van der Waals surface area contributed by atoms with E-state index in [-0.39, 0.29) is 18.2 Å². The van der Waals surface area contributed by atoms with E-state index in [1.807, 2.05) is 66.7 Å². The Labute approximate surface area is 207 Å². The van der Waals surface area contributed by atoms with Gasteiger partial charge < -0.3 is 10.6 Å². The molecule has 9 nitrogen and oxygen atoms in total. The van der Waals surface area contributed by atoms with Crippen molar-refractivity contribution in [1.29, 1.82) is 0 Å². The molecule has 0 saturated heterocycles. The van der Waals surface area contributed by atoms with Gasteiger partial charge in [0, 0.05) is 18.0 Å². The molecule has 0 aliphatic heterocycles. The maximum atomic E-state index is 13.2. The number of hydrogen-bond acceptors (Lipinski definition) is 6. The first-order valence-corrected chi connectivity index (χ1v) is 11.7. The van der Waals surface area contributed by atoms with Crippen molar-refractivity contribution in [3.63, 3.8) is 0 Å². The number of amides is 2. The maximum Gasteiger partial charge on any atom is 0.289 e. The number of carbonyl (C=O) groups is 3. The van der Waals surface area contributed by atoms with Crippen LogP contribution in [0.5, 0.6) is 0 Å². The fourth-order valence-corrected chi connectivity index (χ4v) is 3.80. The Morgan fingerprint density at radius 1 is 0.917 bits per heavy atom. The van der Waals surface area contributed by atoms with Gasteiger partial charge in [-0.05, 0) is 30.5 Å². The average molecular weight is 481 g/mol. The Bertz CT molecular complexity index is 1370. The second-order valence-corrected chi connectivity index (χ2v) is 8.62. The Hall–Kier alpha value is -4.66. The zero-order valence-electron chi connectivity index (χ0n) is 19.4. The zero-order valence-corrected chi connectivity index (χ0v) is 19.4. The minimum Gasteiger partial charge on any atom is -0.347 e. The standard InChI is InChI=1S/C27H24N6O3/c34-25(27(36)29-20-11-12-20)22(15-18-7-3-1-4-8-18)30-26(35)23-16-28-17-33(23)24-14-13-21(31-32-24)19-9-5-2-6-10-19/h1-10,13-14,16-17,20,22H,11-12,15H2,(H,29,36)(H,30,35). The highest BCUT2D eigenvalue weighted by atomic mass is 16.2. The average Bonchev–Trinajstić information content (AvgIpc) is 3.59. The maximum absolute atomic E-state index is 13.2. The van der Waals surface area contributed by atoms with Gasteiger partial charge in [0.25, 0.3) is 11.8 Å². The van der Waals surface area contributed by atoms with Crippen LogP contribution in [0.15, 0.2) is 85.3 Å². The number of nitrogens with one attached hydrogen (secondary N) is 2. The molecule has 1 aliphatic rings. The minimum atomic E-state index is -1.03. The van der Waals surface area contributed by atoms with Crippen LogP contribution in [-0.4, -0.2) is 49.4 Å². The number of carbonyl (C=O) groups excluding carboxylic acids is 3. The lowest BCUT2D eigenvalue weighted by molar-refractivity contribution is -0.139. The van der Waals surface area contributed by atoms with Crippen LogP contribution in [0.3, 0.4) is 0 Å². The lowest BCUT2D eigenvalue weighted by Gasteiger charge is -2.18. The van der Waals surface area contributed by atoms with Gasteiger partial charge in [-0.3, -0.25) is 19.0 Å². The van der Waals surface area contributed by atoms with Crippen LogP contribution in [0.2, 0.25) is 0 Å². The van der Waals surface area contributed by atoms with Crippen LogP contribution in [0.1, 0.15) is 28.9 Å². The topological polar surface area (TPSA) is 119 Å². The summed E-state index contributed by atoms with van der Waals surface area (Å²) >= 11 is 0. The number of benzene rings is 2. The first-order chi connectivity index (χ1) is 17.6. The third-order valence-corrected chi connectivity index (χ3v) is 5.88. The molecule has 2 N–H and O–H groups in total. The summed E-state index contributed by atoms with van der Waals surface area (Å²) in [7, 11) is 0. The summed E-state index contributed by atoms with van der Waals surface area (Å²) in [5, 5.41) is 14.0. The molecule has 2 aromatic heterocycles. The molecule has 1 fully saturated rings. The molecule has 2 aromatic carbocycles. The van der Waals surface area contributed by atoms with Crippen molar-refractivity contribution in [2.75, 3.05) is 0 Å². The molecular weight excluding hydrogens is 456 g/mol. The number of rotatable bonds is 9. The SMILES string of the molecule is O=C(NC1CC1)C(=O)C(Cc1ccccc1)NC(=O)c1cncn1-c1ccc(-c2ccccc2)nn1. The summed E-state index contributed by atoms with van der Waals surface area (Å²) in [6.07, 6.45) is 4.74. The molecule has 4 aromatic rings. The van der Waals surface area contributed by atoms with Crippen molar-refractivity contribution in [1.82, 2.24) is 30.4 Å². The summed E-state index contributed by atoms with van der Waals surface area (Å²) in [4.78, 5) is 42.8. The second kappa shape index (κ2) is 10.3. The van der Waals surface area contributed by atoms with Crippen molar-refractivity contribution in [3.05, 3.63) is 96.6 Å². The molecule has 1 saturated carbocycles. The van der Waals surface area contributed by atoms with E-state index in [1.54, 1.807) is 6.07 Å². The van der Waals surface area contributed by atoms with Gasteiger partial charge >= 0.3 is 0 Å². The Kier molecular flexibility index (Phi) is 6.61. The molecule has 2 heterocycles.